The van der Waals surface area contributed by atoms with Gasteiger partial charge in [0.2, 0.25) is 0 Å². The van der Waals surface area contributed by atoms with Crippen molar-refractivity contribution in [3.8, 4) is 5.75 Å². The molecule has 2 aromatic carbocycles. The fraction of sp³-hybridized carbons (Fsp3) is 0.0952. The fourth-order valence-electron chi connectivity index (χ4n) is 2.36. The second kappa shape index (κ2) is 9.53. The molecule has 0 aliphatic rings. The van der Waals surface area contributed by atoms with E-state index in [1.165, 1.54) is 16.8 Å². The van der Waals surface area contributed by atoms with Crippen LogP contribution in [0.4, 0.5) is 0 Å². The van der Waals surface area contributed by atoms with Gasteiger partial charge in [-0.3, -0.25) is 9.59 Å². The van der Waals surface area contributed by atoms with Crippen LogP contribution in [0.25, 0.3) is 0 Å². The lowest BCUT2D eigenvalue weighted by Gasteiger charge is -2.06. The third-order valence-corrected chi connectivity index (χ3v) is 4.07. The minimum atomic E-state index is -0.382. The molecule has 28 heavy (non-hydrogen) atoms. The van der Waals surface area contributed by atoms with Crippen molar-refractivity contribution in [1.29, 1.82) is 0 Å². The van der Waals surface area contributed by atoms with Crippen molar-refractivity contribution >= 4 is 23.7 Å². The summed E-state index contributed by atoms with van der Waals surface area (Å²) in [5.74, 6) is 0.340. The van der Waals surface area contributed by atoms with Gasteiger partial charge in [-0.05, 0) is 53.6 Å². The zero-order valence-electron chi connectivity index (χ0n) is 14.9. The quantitative estimate of drug-likeness (QED) is 0.493. The highest BCUT2D eigenvalue weighted by atomic mass is 35.5. The van der Waals surface area contributed by atoms with Crippen LogP contribution >= 0.6 is 11.6 Å². The maximum atomic E-state index is 11.8. The monoisotopic (exact) mass is 395 g/mol. The molecule has 1 aromatic heterocycles. The van der Waals surface area contributed by atoms with Crippen molar-refractivity contribution in [2.24, 2.45) is 5.10 Å². The number of pyridine rings is 1. The lowest BCUT2D eigenvalue weighted by atomic mass is 10.2. The van der Waals surface area contributed by atoms with E-state index in [1.807, 2.05) is 48.5 Å². The van der Waals surface area contributed by atoms with E-state index in [0.29, 0.717) is 11.6 Å². The van der Waals surface area contributed by atoms with Gasteiger partial charge in [-0.1, -0.05) is 29.8 Å². The fourth-order valence-corrected chi connectivity index (χ4v) is 2.48. The van der Waals surface area contributed by atoms with E-state index in [9.17, 15) is 9.59 Å². The van der Waals surface area contributed by atoms with Crippen LogP contribution in [0.3, 0.4) is 0 Å². The third-order valence-electron chi connectivity index (χ3n) is 3.81. The molecular formula is C21H18ClN3O3. The highest BCUT2D eigenvalue weighted by Crippen LogP contribution is 2.15. The molecule has 1 heterocycles. The van der Waals surface area contributed by atoms with Gasteiger partial charge in [-0.2, -0.15) is 5.10 Å². The zero-order chi connectivity index (χ0) is 19.8. The highest BCUT2D eigenvalue weighted by molar-refractivity contribution is 6.30. The number of ether oxygens (including phenoxy) is 1. The van der Waals surface area contributed by atoms with Gasteiger partial charge in [-0.15, -0.1) is 0 Å². The Kier molecular flexibility index (Phi) is 6.59. The van der Waals surface area contributed by atoms with E-state index in [-0.39, 0.29) is 18.0 Å². The molecule has 3 rings (SSSR count). The van der Waals surface area contributed by atoms with Gasteiger partial charge < -0.3 is 9.30 Å². The summed E-state index contributed by atoms with van der Waals surface area (Å²) in [5.41, 5.74) is 3.99. The van der Waals surface area contributed by atoms with Gasteiger partial charge in [0.25, 0.3) is 11.5 Å². The summed E-state index contributed by atoms with van der Waals surface area (Å²) in [6.45, 7) is 0.355. The number of carbonyl (C=O) groups excluding carboxylic acids is 1. The molecule has 7 heteroatoms. The predicted octanol–water partition coefficient (Wildman–Crippen LogP) is 3.23. The summed E-state index contributed by atoms with van der Waals surface area (Å²) < 4.78 is 7.02. The minimum Gasteiger partial charge on any atom is -0.489 e. The number of nitrogens with one attached hydrogen (secondary N) is 1. The number of amides is 1. The SMILES string of the molecule is O=C(Cn1ccccc1=O)N/N=C\c1ccc(OCc2ccc(Cl)cc2)cc1. The van der Waals surface area contributed by atoms with Crippen molar-refractivity contribution in [2.75, 3.05) is 0 Å². The summed E-state index contributed by atoms with van der Waals surface area (Å²) in [6, 6.07) is 19.5. The van der Waals surface area contributed by atoms with E-state index in [1.54, 1.807) is 18.3 Å². The summed E-state index contributed by atoms with van der Waals surface area (Å²) in [5, 5.41) is 4.60. The maximum Gasteiger partial charge on any atom is 0.260 e. The van der Waals surface area contributed by atoms with Gasteiger partial charge in [0.15, 0.2) is 0 Å². The lowest BCUT2D eigenvalue weighted by molar-refractivity contribution is -0.121. The summed E-state index contributed by atoms with van der Waals surface area (Å²) in [6.07, 6.45) is 3.07. The molecular weight excluding hydrogens is 378 g/mol. The number of rotatable bonds is 7. The molecule has 0 aliphatic heterocycles. The molecule has 0 fully saturated rings. The predicted molar refractivity (Wildman–Crippen MR) is 109 cm³/mol. The molecule has 3 aromatic rings. The van der Waals surface area contributed by atoms with Crippen molar-refractivity contribution < 1.29 is 9.53 Å². The van der Waals surface area contributed by atoms with Crippen molar-refractivity contribution in [3.63, 3.8) is 0 Å². The van der Waals surface area contributed by atoms with Gasteiger partial charge in [0, 0.05) is 17.3 Å². The van der Waals surface area contributed by atoms with Crippen LogP contribution in [0, 0.1) is 0 Å². The van der Waals surface area contributed by atoms with Gasteiger partial charge in [-0.25, -0.2) is 5.43 Å². The Labute approximate surface area is 167 Å². The second-order valence-electron chi connectivity index (χ2n) is 5.94. The van der Waals surface area contributed by atoms with Crippen LogP contribution in [-0.4, -0.2) is 16.7 Å². The first kappa shape index (κ1) is 19.4. The van der Waals surface area contributed by atoms with E-state index in [0.717, 1.165) is 16.9 Å². The molecule has 0 atom stereocenters. The summed E-state index contributed by atoms with van der Waals surface area (Å²) in [7, 11) is 0. The average molecular weight is 396 g/mol. The number of halogens is 1. The summed E-state index contributed by atoms with van der Waals surface area (Å²) in [4.78, 5) is 23.4. The highest BCUT2D eigenvalue weighted by Gasteiger charge is 2.02. The largest absolute Gasteiger partial charge is 0.489 e. The van der Waals surface area contributed by atoms with Crippen LogP contribution in [0.2, 0.25) is 5.02 Å². The number of aromatic nitrogens is 1. The standard InChI is InChI=1S/C21H18ClN3O3/c22-18-8-4-17(5-9-18)15-28-19-10-6-16(7-11-19)13-23-24-20(26)14-25-12-2-1-3-21(25)27/h1-13H,14-15H2,(H,24,26)/b23-13-. The Hall–Kier alpha value is -3.38. The third kappa shape index (κ3) is 5.82. The number of hydrazone groups is 1. The Morgan fingerprint density at radius 3 is 2.54 bits per heavy atom. The molecule has 1 N–H and O–H groups in total. The van der Waals surface area contributed by atoms with E-state index >= 15 is 0 Å². The van der Waals surface area contributed by atoms with E-state index < -0.39 is 0 Å². The first-order chi connectivity index (χ1) is 13.6. The number of benzene rings is 2. The van der Waals surface area contributed by atoms with Crippen molar-refractivity contribution in [2.45, 2.75) is 13.2 Å². The minimum absolute atomic E-state index is 0.0888. The Bertz CT molecular complexity index is 1010. The molecule has 0 saturated heterocycles. The van der Waals surface area contributed by atoms with Gasteiger partial charge in [0.05, 0.1) is 6.21 Å². The topological polar surface area (TPSA) is 72.7 Å². The number of nitrogens with zero attached hydrogens (tertiary/aromatic N) is 2. The molecule has 142 valence electrons. The average Bonchev–Trinajstić information content (AvgIpc) is 2.70. The number of hydrogen-bond acceptors (Lipinski definition) is 4. The van der Waals surface area contributed by atoms with Crippen LogP contribution < -0.4 is 15.7 Å². The smallest absolute Gasteiger partial charge is 0.260 e. The van der Waals surface area contributed by atoms with Crippen molar-refractivity contribution in [3.05, 3.63) is 99.4 Å². The lowest BCUT2D eigenvalue weighted by Crippen LogP contribution is -2.28. The van der Waals surface area contributed by atoms with Crippen LogP contribution in [0.1, 0.15) is 11.1 Å². The molecule has 1 amide bonds. The summed E-state index contributed by atoms with van der Waals surface area (Å²) >= 11 is 5.86. The first-order valence-corrected chi connectivity index (χ1v) is 8.93. The van der Waals surface area contributed by atoms with Crippen LogP contribution in [0.15, 0.2) is 82.8 Å². The zero-order valence-corrected chi connectivity index (χ0v) is 15.7. The van der Waals surface area contributed by atoms with Gasteiger partial charge in [0.1, 0.15) is 18.9 Å². The molecule has 0 bridgehead atoms. The Morgan fingerprint density at radius 2 is 1.82 bits per heavy atom. The van der Waals surface area contributed by atoms with Crippen LogP contribution in [-0.2, 0) is 17.9 Å². The molecule has 0 radical (unpaired) electrons. The van der Waals surface area contributed by atoms with E-state index in [4.69, 9.17) is 16.3 Å². The van der Waals surface area contributed by atoms with Crippen LogP contribution in [0.5, 0.6) is 5.75 Å². The number of hydrogen-bond donors (Lipinski definition) is 1. The van der Waals surface area contributed by atoms with Crippen molar-refractivity contribution in [1.82, 2.24) is 9.99 Å². The maximum absolute atomic E-state index is 11.8. The Balaban J connectivity index is 1.48. The van der Waals surface area contributed by atoms with Gasteiger partial charge >= 0.3 is 0 Å². The molecule has 6 nitrogen and oxygen atoms in total. The normalized spacial score (nSPS) is 10.8. The molecule has 0 saturated carbocycles. The second-order valence-corrected chi connectivity index (χ2v) is 6.38. The molecule has 0 spiro atoms. The molecule has 0 unspecified atom stereocenters. The Morgan fingerprint density at radius 1 is 1.07 bits per heavy atom. The molecule has 0 aliphatic carbocycles. The first-order valence-electron chi connectivity index (χ1n) is 8.55. The number of carbonyl (C=O) groups is 1. The van der Waals surface area contributed by atoms with E-state index in [2.05, 4.69) is 10.5 Å².